The minimum Gasteiger partial charge on any atom is -0.387 e. The molecule has 0 amide bonds. The van der Waals surface area contributed by atoms with E-state index in [1.165, 1.54) is 12.1 Å². The number of pyridine rings is 1. The lowest BCUT2D eigenvalue weighted by molar-refractivity contribution is 0.174. The molecule has 0 aliphatic rings. The van der Waals surface area contributed by atoms with E-state index >= 15 is 0 Å². The summed E-state index contributed by atoms with van der Waals surface area (Å²) in [5.74, 6) is 1.66. The molecule has 206 valence electrons. The summed E-state index contributed by atoms with van der Waals surface area (Å²) in [5, 5.41) is 17.5. The third-order valence-electron chi connectivity index (χ3n) is 6.27. The minimum absolute atomic E-state index is 0.146. The van der Waals surface area contributed by atoms with Crippen LogP contribution in [0.5, 0.6) is 0 Å². The van der Waals surface area contributed by atoms with Gasteiger partial charge in [-0.2, -0.15) is 4.98 Å². The van der Waals surface area contributed by atoms with Crippen LogP contribution in [0.1, 0.15) is 49.8 Å². The molecule has 9 nitrogen and oxygen atoms in total. The number of hydrogen-bond donors (Lipinski definition) is 3. The van der Waals surface area contributed by atoms with Gasteiger partial charge in [0.25, 0.3) is 10.0 Å². The van der Waals surface area contributed by atoms with Crippen LogP contribution in [-0.4, -0.2) is 41.7 Å². The van der Waals surface area contributed by atoms with E-state index in [1.54, 1.807) is 42.7 Å². The highest BCUT2D eigenvalue weighted by Crippen LogP contribution is 2.22. The summed E-state index contributed by atoms with van der Waals surface area (Å²) in [6.45, 7) is 5.46. The molecule has 39 heavy (non-hydrogen) atoms. The fourth-order valence-corrected chi connectivity index (χ4v) is 5.09. The Hall–Kier alpha value is -3.60. The van der Waals surface area contributed by atoms with Gasteiger partial charge in [0.05, 0.1) is 11.0 Å². The number of hydrogen-bond acceptors (Lipinski definition) is 8. The van der Waals surface area contributed by atoms with Gasteiger partial charge in [-0.05, 0) is 73.3 Å². The molecule has 0 saturated carbocycles. The number of benzene rings is 2. The fraction of sp³-hybridized carbons (Fsp3) is 0.345. The highest BCUT2D eigenvalue weighted by atomic mass is 32.2. The molecular weight excluding hydrogens is 514 g/mol. The molecule has 2 aromatic heterocycles. The van der Waals surface area contributed by atoms with Crippen LogP contribution in [0, 0.1) is 5.92 Å². The molecule has 0 fully saturated rings. The summed E-state index contributed by atoms with van der Waals surface area (Å²) in [5.41, 5.74) is 2.99. The maximum absolute atomic E-state index is 12.9. The topological polar surface area (TPSA) is 130 Å². The van der Waals surface area contributed by atoms with E-state index in [-0.39, 0.29) is 4.90 Å². The second kappa shape index (κ2) is 13.5. The maximum atomic E-state index is 12.9. The molecule has 0 unspecified atom stereocenters. The fourth-order valence-electron chi connectivity index (χ4n) is 4.03. The van der Waals surface area contributed by atoms with Crippen LogP contribution < -0.4 is 10.0 Å². The van der Waals surface area contributed by atoms with E-state index in [0.29, 0.717) is 42.0 Å². The van der Waals surface area contributed by atoms with Crippen molar-refractivity contribution in [1.29, 1.82) is 0 Å². The van der Waals surface area contributed by atoms with Crippen LogP contribution in [0.2, 0.25) is 0 Å². The second-order valence-corrected chi connectivity index (χ2v) is 11.6. The van der Waals surface area contributed by atoms with Crippen molar-refractivity contribution in [2.45, 2.75) is 50.5 Å². The number of rotatable bonds is 14. The van der Waals surface area contributed by atoms with E-state index in [2.05, 4.69) is 39.0 Å². The Morgan fingerprint density at radius 2 is 1.77 bits per heavy atom. The zero-order valence-corrected chi connectivity index (χ0v) is 23.1. The smallest absolute Gasteiger partial charge is 0.261 e. The predicted octanol–water partition coefficient (Wildman–Crippen LogP) is 4.78. The summed E-state index contributed by atoms with van der Waals surface area (Å²) in [6, 6.07) is 17.3. The van der Waals surface area contributed by atoms with E-state index in [0.717, 1.165) is 36.8 Å². The lowest BCUT2D eigenvalue weighted by atomic mass is 10.1. The van der Waals surface area contributed by atoms with Crippen LogP contribution >= 0.6 is 0 Å². The van der Waals surface area contributed by atoms with Gasteiger partial charge >= 0.3 is 0 Å². The monoisotopic (exact) mass is 549 g/mol. The van der Waals surface area contributed by atoms with Crippen LogP contribution in [-0.2, 0) is 22.9 Å². The van der Waals surface area contributed by atoms with Crippen molar-refractivity contribution in [3.63, 3.8) is 0 Å². The summed E-state index contributed by atoms with van der Waals surface area (Å²) < 4.78 is 33.8. The number of nitrogens with zero attached hydrogens (tertiary/aromatic N) is 3. The number of aromatic nitrogens is 3. The first-order valence-electron chi connectivity index (χ1n) is 13.1. The molecule has 2 heterocycles. The number of aliphatic hydroxyl groups is 1. The molecular formula is C29H35N5O4S. The SMILES string of the molecule is CC(C)CCCc1nc(-c2ccc(S(=O)(=O)Nc3ccc(CCNC[C@H](O)c4cccnc4)cc3)cc2)no1. The first-order chi connectivity index (χ1) is 18.8. The van der Waals surface area contributed by atoms with Gasteiger partial charge in [-0.1, -0.05) is 43.6 Å². The highest BCUT2D eigenvalue weighted by molar-refractivity contribution is 7.92. The Kier molecular flexibility index (Phi) is 9.80. The number of aryl methyl sites for hydroxylation is 1. The van der Waals surface area contributed by atoms with Gasteiger partial charge in [-0.15, -0.1) is 0 Å². The first kappa shape index (κ1) is 28.4. The van der Waals surface area contributed by atoms with Crippen molar-refractivity contribution in [3.8, 4) is 11.4 Å². The van der Waals surface area contributed by atoms with Crippen LogP contribution in [0.4, 0.5) is 5.69 Å². The van der Waals surface area contributed by atoms with Gasteiger partial charge < -0.3 is 14.9 Å². The van der Waals surface area contributed by atoms with Crippen molar-refractivity contribution in [1.82, 2.24) is 20.4 Å². The molecule has 10 heteroatoms. The molecule has 3 N–H and O–H groups in total. The summed E-state index contributed by atoms with van der Waals surface area (Å²) >= 11 is 0. The Balaban J connectivity index is 1.26. The summed E-state index contributed by atoms with van der Waals surface area (Å²) in [6.07, 6.45) is 6.25. The van der Waals surface area contributed by atoms with Crippen LogP contribution in [0.3, 0.4) is 0 Å². The lowest BCUT2D eigenvalue weighted by Gasteiger charge is -2.12. The largest absolute Gasteiger partial charge is 0.387 e. The molecule has 0 aliphatic carbocycles. The highest BCUT2D eigenvalue weighted by Gasteiger charge is 2.16. The number of sulfonamides is 1. The van der Waals surface area contributed by atoms with Gasteiger partial charge in [0, 0.05) is 42.2 Å². The van der Waals surface area contributed by atoms with E-state index in [1.807, 2.05) is 18.2 Å². The molecule has 2 aromatic carbocycles. The zero-order chi connectivity index (χ0) is 27.7. The van der Waals surface area contributed by atoms with Gasteiger partial charge in [0.15, 0.2) is 0 Å². The van der Waals surface area contributed by atoms with E-state index < -0.39 is 16.1 Å². The summed E-state index contributed by atoms with van der Waals surface area (Å²) in [7, 11) is -3.76. The second-order valence-electron chi connectivity index (χ2n) is 9.88. The maximum Gasteiger partial charge on any atom is 0.261 e. The summed E-state index contributed by atoms with van der Waals surface area (Å²) in [4.78, 5) is 8.60. The Morgan fingerprint density at radius 1 is 1.00 bits per heavy atom. The van der Waals surface area contributed by atoms with Gasteiger partial charge in [0.1, 0.15) is 0 Å². The van der Waals surface area contributed by atoms with Gasteiger partial charge in [0.2, 0.25) is 11.7 Å². The standard InChI is InChI=1S/C29H35N5O4S/c1-21(2)5-3-7-28-32-29(33-38-28)23-10-14-26(15-11-23)39(36,37)34-25-12-8-22(9-13-25)16-18-31-20-27(35)24-6-4-17-30-19-24/h4,6,8-15,17,19,21,27,31,34-35H,3,5,7,16,18,20H2,1-2H3/t27-/m0/s1. The normalized spacial score (nSPS) is 12.5. The number of anilines is 1. The molecule has 4 rings (SSSR count). The van der Waals surface area contributed by atoms with Crippen LogP contribution in [0.25, 0.3) is 11.4 Å². The zero-order valence-electron chi connectivity index (χ0n) is 22.2. The number of aliphatic hydroxyl groups excluding tert-OH is 1. The third kappa shape index (κ3) is 8.44. The molecule has 0 bridgehead atoms. The molecule has 1 atom stereocenters. The number of nitrogens with one attached hydrogen (secondary N) is 2. The van der Waals surface area contributed by atoms with E-state index in [4.69, 9.17) is 4.52 Å². The van der Waals surface area contributed by atoms with E-state index in [9.17, 15) is 13.5 Å². The van der Waals surface area contributed by atoms with Crippen molar-refractivity contribution < 1.29 is 18.0 Å². The van der Waals surface area contributed by atoms with Crippen LogP contribution in [0.15, 0.2) is 82.5 Å². The minimum atomic E-state index is -3.76. The Labute approximate surface area is 229 Å². The molecule has 0 radical (unpaired) electrons. The van der Waals surface area contributed by atoms with Gasteiger partial charge in [-0.25, -0.2) is 8.42 Å². The molecule has 0 spiro atoms. The van der Waals surface area contributed by atoms with Crippen molar-refractivity contribution in [2.75, 3.05) is 17.8 Å². The van der Waals surface area contributed by atoms with Crippen molar-refractivity contribution >= 4 is 15.7 Å². The van der Waals surface area contributed by atoms with Gasteiger partial charge in [-0.3, -0.25) is 9.71 Å². The van der Waals surface area contributed by atoms with Crippen molar-refractivity contribution in [3.05, 3.63) is 90.1 Å². The third-order valence-corrected chi connectivity index (χ3v) is 7.66. The molecule has 4 aromatic rings. The average Bonchev–Trinajstić information content (AvgIpc) is 3.41. The predicted molar refractivity (Wildman–Crippen MR) is 151 cm³/mol. The molecule has 0 aliphatic heterocycles. The molecule has 0 saturated heterocycles. The lowest BCUT2D eigenvalue weighted by Crippen LogP contribution is -2.23. The Morgan fingerprint density at radius 3 is 2.46 bits per heavy atom. The van der Waals surface area contributed by atoms with Crippen molar-refractivity contribution in [2.24, 2.45) is 5.92 Å². The average molecular weight is 550 g/mol. The Bertz CT molecular complexity index is 1410. The first-order valence-corrected chi connectivity index (χ1v) is 14.6. The quantitative estimate of drug-likeness (QED) is 0.192.